The number of ether oxygens (including phenoxy) is 1. The summed E-state index contributed by atoms with van der Waals surface area (Å²) >= 11 is 0. The molecule has 0 aromatic rings. The lowest BCUT2D eigenvalue weighted by molar-refractivity contribution is 0.0374. The van der Waals surface area contributed by atoms with Gasteiger partial charge in [0, 0.05) is 5.92 Å². The summed E-state index contributed by atoms with van der Waals surface area (Å²) in [5.41, 5.74) is 1.40. The average Bonchev–Trinajstić information content (AvgIpc) is 2.63. The van der Waals surface area contributed by atoms with E-state index in [1.807, 2.05) is 0 Å². The molecule has 0 aromatic carbocycles. The summed E-state index contributed by atoms with van der Waals surface area (Å²) in [6.45, 7) is 2.13. The standard InChI is InChI=1S/C9H12O3/c1-5-6-3-2-4-7(8(5)6)12-9(10)11/h3,5,7-8H,2,4H2,1H3,(H,10,11). The molecule has 1 fully saturated rings. The number of rotatable bonds is 1. The van der Waals surface area contributed by atoms with Crippen LogP contribution in [0.25, 0.3) is 0 Å². The van der Waals surface area contributed by atoms with E-state index in [0.29, 0.717) is 11.8 Å². The molecule has 2 aliphatic rings. The zero-order valence-electron chi connectivity index (χ0n) is 6.99. The molecule has 0 heterocycles. The van der Waals surface area contributed by atoms with E-state index in [-0.39, 0.29) is 6.10 Å². The van der Waals surface area contributed by atoms with Crippen LogP contribution in [0.2, 0.25) is 0 Å². The number of fused-ring (bicyclic) bond motifs is 1. The highest BCUT2D eigenvalue weighted by Crippen LogP contribution is 2.52. The molecular formula is C9H12O3. The molecule has 2 rings (SSSR count). The van der Waals surface area contributed by atoms with Crippen molar-refractivity contribution in [2.75, 3.05) is 0 Å². The number of allylic oxidation sites excluding steroid dienone is 1. The summed E-state index contributed by atoms with van der Waals surface area (Å²) in [6.07, 6.45) is 2.83. The van der Waals surface area contributed by atoms with E-state index in [9.17, 15) is 4.79 Å². The van der Waals surface area contributed by atoms with Gasteiger partial charge in [0.05, 0.1) is 0 Å². The third kappa shape index (κ3) is 1.09. The Labute approximate surface area is 71.0 Å². The molecule has 1 N–H and O–H groups in total. The fourth-order valence-corrected chi connectivity index (χ4v) is 2.16. The van der Waals surface area contributed by atoms with Gasteiger partial charge in [0.2, 0.25) is 0 Å². The molecule has 0 radical (unpaired) electrons. The minimum atomic E-state index is -1.14. The molecule has 3 atom stereocenters. The Morgan fingerprint density at radius 1 is 1.75 bits per heavy atom. The summed E-state index contributed by atoms with van der Waals surface area (Å²) in [5.74, 6) is 0.951. The average molecular weight is 168 g/mol. The summed E-state index contributed by atoms with van der Waals surface area (Å²) in [7, 11) is 0. The molecule has 0 amide bonds. The van der Waals surface area contributed by atoms with Crippen LogP contribution in [0, 0.1) is 11.8 Å². The van der Waals surface area contributed by atoms with Gasteiger partial charge in [0.25, 0.3) is 0 Å². The van der Waals surface area contributed by atoms with Crippen LogP contribution in [-0.4, -0.2) is 17.4 Å². The van der Waals surface area contributed by atoms with Gasteiger partial charge in [0.15, 0.2) is 0 Å². The van der Waals surface area contributed by atoms with Crippen molar-refractivity contribution in [1.29, 1.82) is 0 Å². The van der Waals surface area contributed by atoms with E-state index >= 15 is 0 Å². The lowest BCUT2D eigenvalue weighted by atomic mass is 10.0. The van der Waals surface area contributed by atoms with Gasteiger partial charge in [-0.15, -0.1) is 0 Å². The van der Waals surface area contributed by atoms with Crippen LogP contribution < -0.4 is 0 Å². The van der Waals surface area contributed by atoms with E-state index in [0.717, 1.165) is 12.8 Å². The van der Waals surface area contributed by atoms with Gasteiger partial charge in [0.1, 0.15) is 6.10 Å². The molecule has 0 saturated heterocycles. The van der Waals surface area contributed by atoms with Crippen molar-refractivity contribution in [2.45, 2.75) is 25.9 Å². The Hall–Kier alpha value is -0.990. The topological polar surface area (TPSA) is 46.5 Å². The quantitative estimate of drug-likeness (QED) is 0.481. The molecule has 0 aromatic heterocycles. The number of carbonyl (C=O) groups is 1. The van der Waals surface area contributed by atoms with Gasteiger partial charge in [-0.05, 0) is 18.8 Å². The first-order valence-electron chi connectivity index (χ1n) is 4.29. The third-order valence-corrected chi connectivity index (χ3v) is 2.82. The largest absolute Gasteiger partial charge is 0.506 e. The molecule has 2 aliphatic carbocycles. The molecule has 0 spiro atoms. The molecule has 3 unspecified atom stereocenters. The van der Waals surface area contributed by atoms with Crippen molar-refractivity contribution in [3.63, 3.8) is 0 Å². The second-order valence-electron chi connectivity index (χ2n) is 3.52. The molecule has 0 bridgehead atoms. The number of carboxylic acid groups (broad SMARTS) is 1. The van der Waals surface area contributed by atoms with Crippen LogP contribution in [-0.2, 0) is 4.74 Å². The molecular weight excluding hydrogens is 156 g/mol. The zero-order chi connectivity index (χ0) is 8.72. The predicted octanol–water partition coefficient (Wildman–Crippen LogP) is 2.04. The van der Waals surface area contributed by atoms with E-state index in [1.165, 1.54) is 5.57 Å². The van der Waals surface area contributed by atoms with E-state index in [1.54, 1.807) is 0 Å². The second-order valence-corrected chi connectivity index (χ2v) is 3.52. The van der Waals surface area contributed by atoms with Gasteiger partial charge < -0.3 is 9.84 Å². The highest BCUT2D eigenvalue weighted by Gasteiger charge is 2.48. The predicted molar refractivity (Wildman–Crippen MR) is 42.9 cm³/mol. The fourth-order valence-electron chi connectivity index (χ4n) is 2.16. The van der Waals surface area contributed by atoms with Gasteiger partial charge >= 0.3 is 6.16 Å². The van der Waals surface area contributed by atoms with E-state index < -0.39 is 6.16 Å². The van der Waals surface area contributed by atoms with Gasteiger partial charge in [-0.2, -0.15) is 0 Å². The maximum Gasteiger partial charge on any atom is 0.506 e. The Bertz CT molecular complexity index is 244. The van der Waals surface area contributed by atoms with E-state index in [4.69, 9.17) is 9.84 Å². The molecule has 3 heteroatoms. The smallest absolute Gasteiger partial charge is 0.450 e. The maximum absolute atomic E-state index is 10.3. The van der Waals surface area contributed by atoms with Crippen molar-refractivity contribution in [3.8, 4) is 0 Å². The Morgan fingerprint density at radius 2 is 2.50 bits per heavy atom. The van der Waals surface area contributed by atoms with Crippen molar-refractivity contribution in [1.82, 2.24) is 0 Å². The van der Waals surface area contributed by atoms with Crippen molar-refractivity contribution in [3.05, 3.63) is 11.6 Å². The fraction of sp³-hybridized carbons (Fsp3) is 0.667. The maximum atomic E-state index is 10.3. The van der Waals surface area contributed by atoms with Crippen molar-refractivity contribution in [2.24, 2.45) is 11.8 Å². The van der Waals surface area contributed by atoms with Crippen molar-refractivity contribution < 1.29 is 14.6 Å². The first kappa shape index (κ1) is 7.65. The van der Waals surface area contributed by atoms with Crippen molar-refractivity contribution >= 4 is 6.16 Å². The minimum absolute atomic E-state index is 0.0718. The van der Waals surface area contributed by atoms with Crippen LogP contribution in [0.4, 0.5) is 4.79 Å². The minimum Gasteiger partial charge on any atom is -0.450 e. The number of hydrogen-bond acceptors (Lipinski definition) is 2. The molecule has 12 heavy (non-hydrogen) atoms. The van der Waals surface area contributed by atoms with Crippen LogP contribution in [0.5, 0.6) is 0 Å². The first-order valence-corrected chi connectivity index (χ1v) is 4.29. The monoisotopic (exact) mass is 168 g/mol. The Kier molecular flexibility index (Phi) is 1.60. The molecule has 3 nitrogen and oxygen atoms in total. The van der Waals surface area contributed by atoms with Gasteiger partial charge in [-0.1, -0.05) is 18.6 Å². The summed E-state index contributed by atoms with van der Waals surface area (Å²) in [6, 6.07) is 0. The zero-order valence-corrected chi connectivity index (χ0v) is 6.99. The second kappa shape index (κ2) is 2.51. The molecule has 66 valence electrons. The normalized spacial score (nSPS) is 38.1. The van der Waals surface area contributed by atoms with Gasteiger partial charge in [-0.25, -0.2) is 4.79 Å². The lowest BCUT2D eigenvalue weighted by Gasteiger charge is -2.16. The number of hydrogen-bond donors (Lipinski definition) is 1. The summed E-state index contributed by atoms with van der Waals surface area (Å²) in [5, 5.41) is 8.45. The van der Waals surface area contributed by atoms with E-state index in [2.05, 4.69) is 13.0 Å². The Balaban J connectivity index is 2.01. The van der Waals surface area contributed by atoms with Crippen LogP contribution >= 0.6 is 0 Å². The molecule has 0 aliphatic heterocycles. The lowest BCUT2D eigenvalue weighted by Crippen LogP contribution is -2.20. The summed E-state index contributed by atoms with van der Waals surface area (Å²) < 4.78 is 4.79. The van der Waals surface area contributed by atoms with Crippen LogP contribution in [0.15, 0.2) is 11.6 Å². The van der Waals surface area contributed by atoms with Crippen LogP contribution in [0.3, 0.4) is 0 Å². The van der Waals surface area contributed by atoms with Gasteiger partial charge in [-0.3, -0.25) is 0 Å². The van der Waals surface area contributed by atoms with Crippen LogP contribution in [0.1, 0.15) is 19.8 Å². The Morgan fingerprint density at radius 3 is 3.17 bits per heavy atom. The summed E-state index contributed by atoms with van der Waals surface area (Å²) in [4.78, 5) is 10.3. The molecule has 1 saturated carbocycles. The third-order valence-electron chi connectivity index (χ3n) is 2.82. The first-order chi connectivity index (χ1) is 5.70. The SMILES string of the molecule is CC1C2=CCCC(OC(=O)O)C21. The highest BCUT2D eigenvalue weighted by atomic mass is 16.7. The highest BCUT2D eigenvalue weighted by molar-refractivity contribution is 5.57.